The molecule has 1 saturated heterocycles. The normalized spacial score (nSPS) is 15.5. The minimum atomic E-state index is -0.465. The van der Waals surface area contributed by atoms with Gasteiger partial charge in [0.2, 0.25) is 0 Å². The van der Waals surface area contributed by atoms with E-state index in [1.165, 1.54) is 24.6 Å². The number of carbonyl (C=O) groups excluding carboxylic acids is 2. The predicted molar refractivity (Wildman–Crippen MR) is 78.5 cm³/mol. The number of ether oxygens (including phenoxy) is 2. The van der Waals surface area contributed by atoms with E-state index in [1.54, 1.807) is 4.90 Å². The number of hydrogen-bond donors (Lipinski definition) is 0. The molecule has 1 aliphatic heterocycles. The lowest BCUT2D eigenvalue weighted by atomic mass is 9.97. The van der Waals surface area contributed by atoms with E-state index in [9.17, 15) is 9.59 Å². The van der Waals surface area contributed by atoms with Crippen molar-refractivity contribution in [1.29, 1.82) is 0 Å². The van der Waals surface area contributed by atoms with Crippen molar-refractivity contribution in [2.45, 2.75) is 32.8 Å². The van der Waals surface area contributed by atoms with E-state index in [0.29, 0.717) is 23.9 Å². The third-order valence-corrected chi connectivity index (χ3v) is 4.01. The number of hydrogen-bond acceptors (Lipinski definition) is 6. The third-order valence-electron chi connectivity index (χ3n) is 3.01. The van der Waals surface area contributed by atoms with E-state index in [-0.39, 0.29) is 12.1 Å². The molecule has 0 radical (unpaired) electrons. The number of likely N-dealkylation sites (tertiary alicyclic amines) is 1. The van der Waals surface area contributed by atoms with Gasteiger partial charge in [0.05, 0.1) is 18.3 Å². The van der Waals surface area contributed by atoms with Gasteiger partial charge in [-0.3, -0.25) is 0 Å². The van der Waals surface area contributed by atoms with Crippen molar-refractivity contribution in [2.24, 2.45) is 5.92 Å². The Hall–Kier alpha value is -1.63. The first kappa shape index (κ1) is 15.8. The molecule has 21 heavy (non-hydrogen) atoms. The lowest BCUT2D eigenvalue weighted by Crippen LogP contribution is -2.52. The lowest BCUT2D eigenvalue weighted by molar-refractivity contribution is -0.000894. The average molecular weight is 312 g/mol. The second kappa shape index (κ2) is 6.01. The minimum absolute atomic E-state index is 0.270. The van der Waals surface area contributed by atoms with Gasteiger partial charge in [-0.2, -0.15) is 0 Å². The molecule has 1 fully saturated rings. The van der Waals surface area contributed by atoms with Crippen molar-refractivity contribution in [3.05, 3.63) is 16.1 Å². The molecule has 2 rings (SSSR count). The zero-order chi connectivity index (χ0) is 15.6. The maximum absolute atomic E-state index is 11.8. The molecule has 0 saturated carbocycles. The number of aromatic nitrogens is 1. The number of esters is 1. The molecule has 6 nitrogen and oxygen atoms in total. The lowest BCUT2D eigenvalue weighted by Gasteiger charge is -2.39. The summed E-state index contributed by atoms with van der Waals surface area (Å²) >= 11 is 1.34. The Kier molecular flexibility index (Phi) is 4.51. The van der Waals surface area contributed by atoms with E-state index >= 15 is 0 Å². The fourth-order valence-electron chi connectivity index (χ4n) is 2.02. The molecule has 1 aromatic rings. The summed E-state index contributed by atoms with van der Waals surface area (Å²) in [4.78, 5) is 29.6. The molecular formula is C14H20N2O4S. The van der Waals surface area contributed by atoms with Gasteiger partial charge in [-0.15, -0.1) is 11.3 Å². The van der Waals surface area contributed by atoms with E-state index in [4.69, 9.17) is 4.74 Å². The number of thiazole rings is 1. The molecule has 0 N–H and O–H groups in total. The maximum atomic E-state index is 11.8. The predicted octanol–water partition coefficient (Wildman–Crippen LogP) is 2.34. The van der Waals surface area contributed by atoms with Gasteiger partial charge in [0.25, 0.3) is 0 Å². The number of amides is 1. The Morgan fingerprint density at radius 3 is 2.67 bits per heavy atom. The largest absolute Gasteiger partial charge is 0.465 e. The summed E-state index contributed by atoms with van der Waals surface area (Å²) in [5.41, 5.74) is -0.465. The summed E-state index contributed by atoms with van der Waals surface area (Å²) in [5.74, 6) is 0.0110. The van der Waals surface area contributed by atoms with Crippen LogP contribution in [0.2, 0.25) is 0 Å². The zero-order valence-electron chi connectivity index (χ0n) is 12.7. The molecule has 1 amide bonds. The molecule has 0 aliphatic carbocycles. The van der Waals surface area contributed by atoms with Gasteiger partial charge in [-0.05, 0) is 20.8 Å². The molecule has 116 valence electrons. The van der Waals surface area contributed by atoms with Gasteiger partial charge in [-0.25, -0.2) is 14.6 Å². The molecule has 0 unspecified atom stereocenters. The smallest absolute Gasteiger partial charge is 0.410 e. The molecule has 1 aromatic heterocycles. The van der Waals surface area contributed by atoms with Gasteiger partial charge in [0.15, 0.2) is 0 Å². The average Bonchev–Trinajstić information content (AvgIpc) is 2.78. The number of carbonyl (C=O) groups is 2. The molecule has 2 heterocycles. The Morgan fingerprint density at radius 2 is 2.10 bits per heavy atom. The van der Waals surface area contributed by atoms with Crippen LogP contribution in [0.5, 0.6) is 0 Å². The number of rotatable bonds is 3. The molecule has 0 aromatic carbocycles. The standard InChI is InChI=1S/C14H20N2O4S/c1-14(2,3)20-13(18)16-7-9(8-16)5-11-15-6-10(21-11)12(17)19-4/h6,9H,5,7-8H2,1-4H3. The van der Waals surface area contributed by atoms with Crippen molar-refractivity contribution in [2.75, 3.05) is 20.2 Å². The monoisotopic (exact) mass is 312 g/mol. The summed E-state index contributed by atoms with van der Waals surface area (Å²) < 4.78 is 9.95. The summed E-state index contributed by atoms with van der Waals surface area (Å²) in [6.07, 6.45) is 2.03. The van der Waals surface area contributed by atoms with Crippen LogP contribution in [-0.2, 0) is 15.9 Å². The Morgan fingerprint density at radius 1 is 1.43 bits per heavy atom. The van der Waals surface area contributed by atoms with Crippen LogP contribution in [0.1, 0.15) is 35.5 Å². The summed E-state index contributed by atoms with van der Waals surface area (Å²) in [5, 5.41) is 0.893. The van der Waals surface area contributed by atoms with Crippen molar-refractivity contribution < 1.29 is 19.1 Å². The van der Waals surface area contributed by atoms with Crippen molar-refractivity contribution in [3.8, 4) is 0 Å². The van der Waals surface area contributed by atoms with Crippen LogP contribution in [-0.4, -0.2) is 47.7 Å². The SMILES string of the molecule is COC(=O)c1cnc(CC2CN(C(=O)OC(C)(C)C)C2)s1. The highest BCUT2D eigenvalue weighted by Crippen LogP contribution is 2.25. The van der Waals surface area contributed by atoms with Crippen molar-refractivity contribution >= 4 is 23.4 Å². The Balaban J connectivity index is 1.79. The zero-order valence-corrected chi connectivity index (χ0v) is 13.5. The topological polar surface area (TPSA) is 68.7 Å². The van der Waals surface area contributed by atoms with E-state index in [0.717, 1.165) is 11.4 Å². The van der Waals surface area contributed by atoms with Crippen LogP contribution in [0.25, 0.3) is 0 Å². The van der Waals surface area contributed by atoms with Gasteiger partial charge in [-0.1, -0.05) is 0 Å². The molecule has 1 aliphatic rings. The van der Waals surface area contributed by atoms with Crippen LogP contribution < -0.4 is 0 Å². The molecule has 0 spiro atoms. The first-order valence-electron chi connectivity index (χ1n) is 6.79. The van der Waals surface area contributed by atoms with E-state index in [1.807, 2.05) is 20.8 Å². The first-order valence-corrected chi connectivity index (χ1v) is 7.61. The molecular weight excluding hydrogens is 292 g/mol. The first-order chi connectivity index (χ1) is 9.78. The van der Waals surface area contributed by atoms with Crippen molar-refractivity contribution in [1.82, 2.24) is 9.88 Å². The van der Waals surface area contributed by atoms with Crippen LogP contribution in [0.3, 0.4) is 0 Å². The van der Waals surface area contributed by atoms with E-state index in [2.05, 4.69) is 9.72 Å². The highest BCUT2D eigenvalue weighted by atomic mass is 32.1. The number of methoxy groups -OCH3 is 1. The Labute approximate surface area is 128 Å². The molecule has 7 heteroatoms. The van der Waals surface area contributed by atoms with Crippen LogP contribution in [0, 0.1) is 5.92 Å². The highest BCUT2D eigenvalue weighted by Gasteiger charge is 2.34. The van der Waals surface area contributed by atoms with Gasteiger partial charge < -0.3 is 14.4 Å². The van der Waals surface area contributed by atoms with Gasteiger partial charge >= 0.3 is 12.1 Å². The molecule has 0 atom stereocenters. The van der Waals surface area contributed by atoms with Crippen molar-refractivity contribution in [3.63, 3.8) is 0 Å². The van der Waals surface area contributed by atoms with Crippen LogP contribution >= 0.6 is 11.3 Å². The summed E-state index contributed by atoms with van der Waals surface area (Å²) in [7, 11) is 1.35. The minimum Gasteiger partial charge on any atom is -0.465 e. The summed E-state index contributed by atoms with van der Waals surface area (Å²) in [6, 6.07) is 0. The second-order valence-electron chi connectivity index (χ2n) is 6.07. The maximum Gasteiger partial charge on any atom is 0.410 e. The van der Waals surface area contributed by atoms with Crippen LogP contribution in [0.15, 0.2) is 6.20 Å². The highest BCUT2D eigenvalue weighted by molar-refractivity contribution is 7.13. The summed E-state index contributed by atoms with van der Waals surface area (Å²) in [6.45, 7) is 6.90. The molecule has 0 bridgehead atoms. The van der Waals surface area contributed by atoms with Gasteiger partial charge in [0.1, 0.15) is 10.5 Å². The fourth-order valence-corrected chi connectivity index (χ4v) is 2.97. The number of nitrogens with zero attached hydrogens (tertiary/aromatic N) is 2. The second-order valence-corrected chi connectivity index (χ2v) is 7.18. The third kappa shape index (κ3) is 4.17. The van der Waals surface area contributed by atoms with E-state index < -0.39 is 5.60 Å². The Bertz CT molecular complexity index is 529. The quantitative estimate of drug-likeness (QED) is 0.801. The fraction of sp³-hybridized carbons (Fsp3) is 0.643. The van der Waals surface area contributed by atoms with Gasteiger partial charge in [0, 0.05) is 25.4 Å². The van der Waals surface area contributed by atoms with Crippen LogP contribution in [0.4, 0.5) is 4.79 Å².